The van der Waals surface area contributed by atoms with E-state index in [1.54, 1.807) is 12.3 Å². The van der Waals surface area contributed by atoms with Crippen molar-refractivity contribution in [2.24, 2.45) is 0 Å². The highest BCUT2D eigenvalue weighted by Crippen LogP contribution is 2.23. The number of hydrogen-bond donors (Lipinski definition) is 1. The molecular formula is C17H20F2N4O. The summed E-state index contributed by atoms with van der Waals surface area (Å²) in [6, 6.07) is 5.21. The van der Waals surface area contributed by atoms with Crippen molar-refractivity contribution >= 4 is 5.91 Å². The van der Waals surface area contributed by atoms with Crippen LogP contribution in [0.4, 0.5) is 8.78 Å². The summed E-state index contributed by atoms with van der Waals surface area (Å²) in [5.74, 6) is -1.23. The Morgan fingerprint density at radius 1 is 1.29 bits per heavy atom. The number of amides is 1. The fourth-order valence-electron chi connectivity index (χ4n) is 2.94. The lowest BCUT2D eigenvalue weighted by Gasteiger charge is -2.35. The third-order valence-corrected chi connectivity index (χ3v) is 4.31. The van der Waals surface area contributed by atoms with Crippen molar-refractivity contribution in [3.05, 3.63) is 47.8 Å². The van der Waals surface area contributed by atoms with Gasteiger partial charge < -0.3 is 5.32 Å². The standard InChI is InChI=1S/C17H20F2N4O/c1-17(2)10-16(24)20-6-8-22(17)11-13-5-7-23(21-13)15-4-3-12(18)9-14(15)19/h3-5,7,9H,6,8,10-11H2,1-2H3,(H,20,24). The van der Waals surface area contributed by atoms with E-state index in [1.807, 2.05) is 13.8 Å². The topological polar surface area (TPSA) is 50.2 Å². The van der Waals surface area contributed by atoms with E-state index < -0.39 is 11.6 Å². The Balaban J connectivity index is 1.79. The van der Waals surface area contributed by atoms with E-state index >= 15 is 0 Å². The SMILES string of the molecule is CC1(C)CC(=O)NCCN1Cc1ccn(-c2ccc(F)cc2F)n1. The predicted octanol–water partition coefficient (Wildman–Crippen LogP) is 2.25. The second-order valence-electron chi connectivity index (χ2n) is 6.61. The molecule has 3 rings (SSSR count). The second kappa shape index (κ2) is 6.32. The smallest absolute Gasteiger partial charge is 0.221 e. The molecule has 1 N–H and O–H groups in total. The Kier molecular flexibility index (Phi) is 4.36. The van der Waals surface area contributed by atoms with Crippen LogP contribution in [0.3, 0.4) is 0 Å². The van der Waals surface area contributed by atoms with Gasteiger partial charge in [-0.3, -0.25) is 9.69 Å². The Morgan fingerprint density at radius 3 is 2.83 bits per heavy atom. The number of nitrogens with zero attached hydrogens (tertiary/aromatic N) is 3. The molecule has 1 aliphatic heterocycles. The summed E-state index contributed by atoms with van der Waals surface area (Å²) >= 11 is 0. The molecular weight excluding hydrogens is 314 g/mol. The Labute approximate surface area is 139 Å². The highest BCUT2D eigenvalue weighted by atomic mass is 19.1. The molecule has 0 aliphatic carbocycles. The van der Waals surface area contributed by atoms with Gasteiger partial charge in [-0.05, 0) is 32.0 Å². The molecule has 7 heteroatoms. The molecule has 1 aliphatic rings. The van der Waals surface area contributed by atoms with Gasteiger partial charge in [0, 0.05) is 43.9 Å². The molecule has 0 atom stereocenters. The van der Waals surface area contributed by atoms with Crippen molar-refractivity contribution in [1.82, 2.24) is 20.0 Å². The molecule has 1 aromatic carbocycles. The third-order valence-electron chi connectivity index (χ3n) is 4.31. The zero-order valence-corrected chi connectivity index (χ0v) is 13.7. The first-order valence-corrected chi connectivity index (χ1v) is 7.87. The fraction of sp³-hybridized carbons (Fsp3) is 0.412. The van der Waals surface area contributed by atoms with Gasteiger partial charge in [-0.2, -0.15) is 5.10 Å². The summed E-state index contributed by atoms with van der Waals surface area (Å²) < 4.78 is 28.3. The van der Waals surface area contributed by atoms with E-state index in [0.29, 0.717) is 19.5 Å². The predicted molar refractivity (Wildman–Crippen MR) is 85.6 cm³/mol. The summed E-state index contributed by atoms with van der Waals surface area (Å²) in [7, 11) is 0. The van der Waals surface area contributed by atoms with Crippen molar-refractivity contribution in [2.75, 3.05) is 13.1 Å². The van der Waals surface area contributed by atoms with E-state index in [1.165, 1.54) is 16.8 Å². The Morgan fingerprint density at radius 2 is 2.08 bits per heavy atom. The van der Waals surface area contributed by atoms with Crippen LogP contribution in [0, 0.1) is 11.6 Å². The maximum atomic E-state index is 13.9. The van der Waals surface area contributed by atoms with Crippen LogP contribution in [0.1, 0.15) is 26.0 Å². The van der Waals surface area contributed by atoms with Crippen LogP contribution in [-0.2, 0) is 11.3 Å². The van der Waals surface area contributed by atoms with Gasteiger partial charge in [0.1, 0.15) is 11.5 Å². The van der Waals surface area contributed by atoms with Gasteiger partial charge in [0.2, 0.25) is 5.91 Å². The largest absolute Gasteiger partial charge is 0.355 e. The third kappa shape index (κ3) is 3.46. The average molecular weight is 334 g/mol. The lowest BCUT2D eigenvalue weighted by molar-refractivity contribution is -0.122. The maximum Gasteiger partial charge on any atom is 0.221 e. The van der Waals surface area contributed by atoms with Crippen LogP contribution >= 0.6 is 0 Å². The van der Waals surface area contributed by atoms with Gasteiger partial charge in [-0.25, -0.2) is 13.5 Å². The number of nitrogens with one attached hydrogen (secondary N) is 1. The lowest BCUT2D eigenvalue weighted by Crippen LogP contribution is -2.44. The van der Waals surface area contributed by atoms with Crippen molar-refractivity contribution in [2.45, 2.75) is 32.4 Å². The number of hydrogen-bond acceptors (Lipinski definition) is 3. The minimum Gasteiger partial charge on any atom is -0.355 e. The molecule has 1 fully saturated rings. The Hall–Kier alpha value is -2.28. The number of rotatable bonds is 3. The highest BCUT2D eigenvalue weighted by molar-refractivity contribution is 5.77. The molecule has 0 unspecified atom stereocenters. The zero-order valence-electron chi connectivity index (χ0n) is 13.7. The number of carbonyl (C=O) groups is 1. The van der Waals surface area contributed by atoms with Crippen molar-refractivity contribution in [1.29, 1.82) is 0 Å². The lowest BCUT2D eigenvalue weighted by atomic mass is 9.98. The summed E-state index contributed by atoms with van der Waals surface area (Å²) in [6.45, 7) is 5.91. The molecule has 0 saturated carbocycles. The summed E-state index contributed by atoms with van der Waals surface area (Å²) in [4.78, 5) is 13.9. The summed E-state index contributed by atoms with van der Waals surface area (Å²) in [5, 5.41) is 7.26. The average Bonchev–Trinajstić information content (AvgIpc) is 2.88. The fourth-order valence-corrected chi connectivity index (χ4v) is 2.94. The van der Waals surface area contributed by atoms with Crippen LogP contribution in [0.2, 0.25) is 0 Å². The number of halogens is 2. The first kappa shape index (κ1) is 16.6. The van der Waals surface area contributed by atoms with Gasteiger partial charge in [-0.1, -0.05) is 0 Å². The van der Waals surface area contributed by atoms with Crippen LogP contribution in [0.15, 0.2) is 30.5 Å². The van der Waals surface area contributed by atoms with E-state index in [-0.39, 0.29) is 17.1 Å². The highest BCUT2D eigenvalue weighted by Gasteiger charge is 2.32. The normalized spacial score (nSPS) is 18.2. The van der Waals surface area contributed by atoms with Gasteiger partial charge in [0.05, 0.1) is 5.69 Å². The van der Waals surface area contributed by atoms with Crippen molar-refractivity contribution in [3.63, 3.8) is 0 Å². The molecule has 5 nitrogen and oxygen atoms in total. The molecule has 24 heavy (non-hydrogen) atoms. The van der Waals surface area contributed by atoms with E-state index in [9.17, 15) is 13.6 Å². The van der Waals surface area contributed by atoms with Gasteiger partial charge in [0.15, 0.2) is 5.82 Å². The Bertz CT molecular complexity index is 757. The molecule has 2 aromatic rings. The molecule has 1 saturated heterocycles. The van der Waals surface area contributed by atoms with E-state index in [2.05, 4.69) is 15.3 Å². The minimum absolute atomic E-state index is 0.0430. The van der Waals surface area contributed by atoms with Crippen molar-refractivity contribution in [3.8, 4) is 5.69 Å². The maximum absolute atomic E-state index is 13.9. The molecule has 0 spiro atoms. The van der Waals surface area contributed by atoms with Crippen LogP contribution in [0.5, 0.6) is 0 Å². The molecule has 2 heterocycles. The van der Waals surface area contributed by atoms with Crippen LogP contribution in [-0.4, -0.2) is 39.2 Å². The summed E-state index contributed by atoms with van der Waals surface area (Å²) in [5.41, 5.74) is 0.682. The van der Waals surface area contributed by atoms with Crippen LogP contribution < -0.4 is 5.32 Å². The van der Waals surface area contributed by atoms with Crippen molar-refractivity contribution < 1.29 is 13.6 Å². The van der Waals surface area contributed by atoms with Gasteiger partial charge in [0.25, 0.3) is 0 Å². The second-order valence-corrected chi connectivity index (χ2v) is 6.61. The number of carbonyl (C=O) groups excluding carboxylic acids is 1. The summed E-state index contributed by atoms with van der Waals surface area (Å²) in [6.07, 6.45) is 2.07. The van der Waals surface area contributed by atoms with E-state index in [4.69, 9.17) is 0 Å². The first-order chi connectivity index (χ1) is 11.3. The molecule has 0 radical (unpaired) electrons. The molecule has 0 bridgehead atoms. The van der Waals surface area contributed by atoms with Gasteiger partial charge >= 0.3 is 0 Å². The van der Waals surface area contributed by atoms with Crippen LogP contribution in [0.25, 0.3) is 5.69 Å². The minimum atomic E-state index is -0.658. The van der Waals surface area contributed by atoms with Gasteiger partial charge in [-0.15, -0.1) is 0 Å². The zero-order chi connectivity index (χ0) is 17.3. The quantitative estimate of drug-likeness (QED) is 0.937. The monoisotopic (exact) mass is 334 g/mol. The number of aromatic nitrogens is 2. The first-order valence-electron chi connectivity index (χ1n) is 7.87. The molecule has 128 valence electrons. The molecule has 1 aromatic heterocycles. The van der Waals surface area contributed by atoms with E-state index in [0.717, 1.165) is 18.3 Å². The number of benzene rings is 1. The molecule has 1 amide bonds.